The Balaban J connectivity index is 2.43. The number of nitrogens with two attached hydrogens (primary N) is 1. The molecule has 1 unspecified atom stereocenters. The van der Waals surface area contributed by atoms with E-state index in [9.17, 15) is 13.6 Å². The van der Waals surface area contributed by atoms with E-state index in [1.54, 1.807) is 0 Å². The van der Waals surface area contributed by atoms with E-state index in [2.05, 4.69) is 4.74 Å². The maximum atomic E-state index is 13.7. The molecule has 1 fully saturated rings. The zero-order chi connectivity index (χ0) is 12.6. The van der Waals surface area contributed by atoms with Gasteiger partial charge in [0.05, 0.1) is 7.11 Å². The van der Waals surface area contributed by atoms with Crippen LogP contribution in [-0.2, 0) is 14.9 Å². The van der Waals surface area contributed by atoms with Crippen molar-refractivity contribution in [1.29, 1.82) is 0 Å². The normalized spacial score (nSPS) is 18.6. The number of methoxy groups -OCH3 is 1. The summed E-state index contributed by atoms with van der Waals surface area (Å²) in [6.45, 7) is 0. The fraction of sp³-hybridized carbons (Fsp3) is 0.417. The first-order valence-electron chi connectivity index (χ1n) is 5.31. The molecular weight excluding hydrogens is 228 g/mol. The van der Waals surface area contributed by atoms with Crippen LogP contribution in [0.1, 0.15) is 18.4 Å². The summed E-state index contributed by atoms with van der Waals surface area (Å²) in [5.41, 5.74) is 4.69. The molecule has 0 amide bonds. The van der Waals surface area contributed by atoms with E-state index in [1.807, 2.05) is 0 Å². The van der Waals surface area contributed by atoms with Gasteiger partial charge < -0.3 is 10.5 Å². The van der Waals surface area contributed by atoms with Gasteiger partial charge in [0.15, 0.2) is 0 Å². The summed E-state index contributed by atoms with van der Waals surface area (Å²) in [4.78, 5) is 11.4. The first-order chi connectivity index (χ1) is 8.03. The monoisotopic (exact) mass is 241 g/mol. The zero-order valence-corrected chi connectivity index (χ0v) is 9.37. The topological polar surface area (TPSA) is 52.3 Å². The summed E-state index contributed by atoms with van der Waals surface area (Å²) < 4.78 is 31.9. The summed E-state index contributed by atoms with van der Waals surface area (Å²) in [7, 11) is 1.20. The first kappa shape index (κ1) is 12.0. The summed E-state index contributed by atoms with van der Waals surface area (Å²) in [6, 6.07) is 2.60. The molecule has 1 aliphatic carbocycles. The number of esters is 1. The van der Waals surface area contributed by atoms with Gasteiger partial charge in [-0.15, -0.1) is 0 Å². The molecule has 2 rings (SSSR count). The largest absolute Gasteiger partial charge is 0.468 e. The van der Waals surface area contributed by atoms with Crippen molar-refractivity contribution in [3.8, 4) is 0 Å². The molecule has 0 aliphatic heterocycles. The zero-order valence-electron chi connectivity index (χ0n) is 9.37. The lowest BCUT2D eigenvalue weighted by Gasteiger charge is -2.22. The SMILES string of the molecule is COC(=O)C(N)C1(c2c(F)cccc2F)CC1. The van der Waals surface area contributed by atoms with Crippen molar-refractivity contribution in [2.45, 2.75) is 24.3 Å². The third kappa shape index (κ3) is 1.80. The number of ether oxygens (including phenoxy) is 1. The fourth-order valence-corrected chi connectivity index (χ4v) is 2.18. The molecular formula is C12H13F2NO2. The quantitative estimate of drug-likeness (QED) is 0.816. The molecule has 0 saturated heterocycles. The van der Waals surface area contributed by atoms with E-state index >= 15 is 0 Å². The van der Waals surface area contributed by atoms with Gasteiger partial charge in [0.25, 0.3) is 0 Å². The lowest BCUT2D eigenvalue weighted by atomic mass is 9.87. The van der Waals surface area contributed by atoms with Crippen molar-refractivity contribution in [2.24, 2.45) is 5.73 Å². The van der Waals surface area contributed by atoms with Crippen LogP contribution in [0.25, 0.3) is 0 Å². The minimum absolute atomic E-state index is 0.0992. The van der Waals surface area contributed by atoms with Crippen LogP contribution >= 0.6 is 0 Å². The molecule has 1 aliphatic rings. The van der Waals surface area contributed by atoms with E-state index in [-0.39, 0.29) is 5.56 Å². The van der Waals surface area contributed by atoms with Crippen LogP contribution in [0.15, 0.2) is 18.2 Å². The molecule has 3 nitrogen and oxygen atoms in total. The molecule has 5 heteroatoms. The highest BCUT2D eigenvalue weighted by Gasteiger charge is 2.55. The molecule has 0 radical (unpaired) electrons. The minimum atomic E-state index is -1.03. The average molecular weight is 241 g/mol. The summed E-state index contributed by atoms with van der Waals surface area (Å²) in [5, 5.41) is 0. The second-order valence-electron chi connectivity index (χ2n) is 4.25. The van der Waals surface area contributed by atoms with Gasteiger partial charge in [-0.2, -0.15) is 0 Å². The Morgan fingerprint density at radius 3 is 2.35 bits per heavy atom. The molecule has 0 heterocycles. The van der Waals surface area contributed by atoms with E-state index < -0.39 is 29.1 Å². The average Bonchev–Trinajstić information content (AvgIpc) is 3.08. The third-order valence-corrected chi connectivity index (χ3v) is 3.30. The van der Waals surface area contributed by atoms with E-state index in [4.69, 9.17) is 5.73 Å². The highest BCUT2D eigenvalue weighted by Crippen LogP contribution is 2.52. The molecule has 1 aromatic carbocycles. The smallest absolute Gasteiger partial charge is 0.323 e. The second-order valence-corrected chi connectivity index (χ2v) is 4.25. The molecule has 1 atom stereocenters. The first-order valence-corrected chi connectivity index (χ1v) is 5.31. The predicted octanol–water partition coefficient (Wildman–Crippen LogP) is 1.50. The molecule has 0 aromatic heterocycles. The number of carbonyl (C=O) groups is 1. The Kier molecular flexibility index (Phi) is 2.87. The van der Waals surface area contributed by atoms with E-state index in [1.165, 1.54) is 25.3 Å². The molecule has 1 saturated carbocycles. The van der Waals surface area contributed by atoms with Crippen LogP contribution in [0.4, 0.5) is 8.78 Å². The molecule has 0 spiro atoms. The number of rotatable bonds is 3. The van der Waals surface area contributed by atoms with Gasteiger partial charge in [-0.3, -0.25) is 4.79 Å². The lowest BCUT2D eigenvalue weighted by molar-refractivity contribution is -0.143. The number of carbonyl (C=O) groups excluding carboxylic acids is 1. The van der Waals surface area contributed by atoms with Crippen molar-refractivity contribution < 1.29 is 18.3 Å². The summed E-state index contributed by atoms with van der Waals surface area (Å²) in [5.74, 6) is -1.98. The van der Waals surface area contributed by atoms with Gasteiger partial charge in [0.2, 0.25) is 0 Å². The van der Waals surface area contributed by atoms with Gasteiger partial charge in [0, 0.05) is 11.0 Å². The number of benzene rings is 1. The van der Waals surface area contributed by atoms with Crippen molar-refractivity contribution in [2.75, 3.05) is 7.11 Å². The van der Waals surface area contributed by atoms with Crippen LogP contribution < -0.4 is 5.73 Å². The number of halogens is 2. The van der Waals surface area contributed by atoms with Crippen molar-refractivity contribution in [3.63, 3.8) is 0 Å². The Morgan fingerprint density at radius 1 is 1.41 bits per heavy atom. The van der Waals surface area contributed by atoms with Gasteiger partial charge >= 0.3 is 5.97 Å². The van der Waals surface area contributed by atoms with E-state index in [0.717, 1.165) is 0 Å². The molecule has 2 N–H and O–H groups in total. The standard InChI is InChI=1S/C12H13F2NO2/c1-17-11(16)10(15)12(5-6-12)9-7(13)3-2-4-8(9)14/h2-4,10H,5-6,15H2,1H3. The maximum Gasteiger partial charge on any atom is 0.323 e. The van der Waals surface area contributed by atoms with Crippen LogP contribution in [0.5, 0.6) is 0 Å². The minimum Gasteiger partial charge on any atom is -0.468 e. The Labute approximate surface area is 97.6 Å². The Morgan fingerprint density at radius 2 is 1.94 bits per heavy atom. The Bertz CT molecular complexity index is 438. The molecule has 0 bridgehead atoms. The predicted molar refractivity (Wildman–Crippen MR) is 57.3 cm³/mol. The van der Waals surface area contributed by atoms with Crippen LogP contribution in [0.3, 0.4) is 0 Å². The van der Waals surface area contributed by atoms with Gasteiger partial charge in [-0.05, 0) is 25.0 Å². The van der Waals surface area contributed by atoms with Gasteiger partial charge in [0.1, 0.15) is 17.7 Å². The van der Waals surface area contributed by atoms with E-state index in [0.29, 0.717) is 12.8 Å². The Hall–Kier alpha value is -1.49. The summed E-state index contributed by atoms with van der Waals surface area (Å²) in [6.07, 6.45) is 0.974. The van der Waals surface area contributed by atoms with Crippen molar-refractivity contribution >= 4 is 5.97 Å². The highest BCUT2D eigenvalue weighted by molar-refractivity contribution is 5.79. The van der Waals surface area contributed by atoms with Crippen LogP contribution in [0, 0.1) is 11.6 Å². The van der Waals surface area contributed by atoms with Crippen LogP contribution in [0.2, 0.25) is 0 Å². The highest BCUT2D eigenvalue weighted by atomic mass is 19.1. The maximum absolute atomic E-state index is 13.7. The van der Waals surface area contributed by atoms with Crippen molar-refractivity contribution in [3.05, 3.63) is 35.4 Å². The van der Waals surface area contributed by atoms with Gasteiger partial charge in [-0.1, -0.05) is 6.07 Å². The molecule has 1 aromatic rings. The molecule has 92 valence electrons. The van der Waals surface area contributed by atoms with Gasteiger partial charge in [-0.25, -0.2) is 8.78 Å². The fourth-order valence-electron chi connectivity index (χ4n) is 2.18. The van der Waals surface area contributed by atoms with Crippen LogP contribution in [-0.4, -0.2) is 19.1 Å². The second kappa shape index (κ2) is 4.07. The third-order valence-electron chi connectivity index (χ3n) is 3.30. The number of hydrogen-bond donors (Lipinski definition) is 1. The summed E-state index contributed by atoms with van der Waals surface area (Å²) >= 11 is 0. The van der Waals surface area contributed by atoms with Crippen molar-refractivity contribution in [1.82, 2.24) is 0 Å². The molecule has 17 heavy (non-hydrogen) atoms. The lowest BCUT2D eigenvalue weighted by Crippen LogP contribution is -2.43. The number of hydrogen-bond acceptors (Lipinski definition) is 3.